The molecule has 0 aromatic carbocycles. The SMILES string of the molecule is N#Cc1cnc(C(=O)O)c(C(F)F)c1CBr. The molecule has 0 aliphatic rings. The molecular weight excluding hydrogens is 286 g/mol. The summed E-state index contributed by atoms with van der Waals surface area (Å²) in [6, 6.07) is 1.69. The van der Waals surface area contributed by atoms with Gasteiger partial charge in [0.15, 0.2) is 5.69 Å². The normalized spacial score (nSPS) is 10.2. The summed E-state index contributed by atoms with van der Waals surface area (Å²) in [6.45, 7) is 0. The lowest BCUT2D eigenvalue weighted by atomic mass is 10.0. The highest BCUT2D eigenvalue weighted by atomic mass is 79.9. The van der Waals surface area contributed by atoms with Crippen LogP contribution in [0.4, 0.5) is 8.78 Å². The average molecular weight is 291 g/mol. The summed E-state index contributed by atoms with van der Waals surface area (Å²) in [5.74, 6) is -1.54. The smallest absolute Gasteiger partial charge is 0.355 e. The maximum Gasteiger partial charge on any atom is 0.355 e. The minimum atomic E-state index is -2.99. The van der Waals surface area contributed by atoms with Crippen LogP contribution in [0.2, 0.25) is 0 Å². The number of aromatic nitrogens is 1. The molecule has 1 aromatic heterocycles. The molecule has 84 valence electrons. The van der Waals surface area contributed by atoms with E-state index in [9.17, 15) is 13.6 Å². The third-order valence-corrected chi connectivity index (χ3v) is 2.46. The van der Waals surface area contributed by atoms with Crippen LogP contribution in [0.25, 0.3) is 0 Å². The Balaban J connectivity index is 3.58. The van der Waals surface area contributed by atoms with Gasteiger partial charge in [-0.2, -0.15) is 5.26 Å². The lowest BCUT2D eigenvalue weighted by Gasteiger charge is -2.10. The predicted octanol–water partition coefficient (Wildman–Crippen LogP) is 2.48. The largest absolute Gasteiger partial charge is 0.476 e. The molecule has 0 aliphatic heterocycles. The zero-order valence-electron chi connectivity index (χ0n) is 7.75. The standard InChI is InChI=1S/C9H5BrF2N2O2/c10-1-5-4(2-13)3-14-7(9(15)16)6(5)8(11)12/h3,8H,1H2,(H,15,16). The van der Waals surface area contributed by atoms with Crippen LogP contribution in [0.5, 0.6) is 0 Å². The van der Waals surface area contributed by atoms with Crippen molar-refractivity contribution in [3.63, 3.8) is 0 Å². The number of hydrogen-bond donors (Lipinski definition) is 1. The van der Waals surface area contributed by atoms with Crippen molar-refractivity contribution >= 4 is 21.9 Å². The van der Waals surface area contributed by atoms with Crippen LogP contribution >= 0.6 is 15.9 Å². The van der Waals surface area contributed by atoms with Gasteiger partial charge in [0.05, 0.1) is 11.1 Å². The van der Waals surface area contributed by atoms with Crippen molar-refractivity contribution < 1.29 is 18.7 Å². The lowest BCUT2D eigenvalue weighted by molar-refractivity contribution is 0.0676. The highest BCUT2D eigenvalue weighted by molar-refractivity contribution is 9.08. The minimum Gasteiger partial charge on any atom is -0.476 e. The van der Waals surface area contributed by atoms with Gasteiger partial charge in [-0.1, -0.05) is 15.9 Å². The maximum absolute atomic E-state index is 12.7. The molecule has 0 unspecified atom stereocenters. The van der Waals surface area contributed by atoms with Crippen molar-refractivity contribution in [3.8, 4) is 6.07 Å². The Morgan fingerprint density at radius 1 is 1.69 bits per heavy atom. The molecule has 0 saturated heterocycles. The van der Waals surface area contributed by atoms with Crippen molar-refractivity contribution in [2.45, 2.75) is 11.8 Å². The molecule has 0 spiro atoms. The molecule has 16 heavy (non-hydrogen) atoms. The number of carboxylic acids is 1. The summed E-state index contributed by atoms with van der Waals surface area (Å²) in [6.07, 6.45) is -2.01. The predicted molar refractivity (Wildman–Crippen MR) is 53.5 cm³/mol. The van der Waals surface area contributed by atoms with Crippen molar-refractivity contribution in [1.82, 2.24) is 4.98 Å². The first-order valence-corrected chi connectivity index (χ1v) is 5.14. The number of aromatic carboxylic acids is 1. The second kappa shape index (κ2) is 4.99. The van der Waals surface area contributed by atoms with Crippen LogP contribution < -0.4 is 0 Å². The Bertz CT molecular complexity index is 471. The van der Waals surface area contributed by atoms with E-state index < -0.39 is 23.7 Å². The first-order valence-electron chi connectivity index (χ1n) is 4.02. The molecule has 0 fully saturated rings. The van der Waals surface area contributed by atoms with E-state index in [1.165, 1.54) is 0 Å². The molecule has 0 aliphatic carbocycles. The van der Waals surface area contributed by atoms with E-state index in [0.717, 1.165) is 6.20 Å². The van der Waals surface area contributed by atoms with Gasteiger partial charge in [0.2, 0.25) is 0 Å². The highest BCUT2D eigenvalue weighted by Crippen LogP contribution is 2.29. The average Bonchev–Trinajstić information content (AvgIpc) is 2.26. The number of alkyl halides is 3. The number of nitrogens with zero attached hydrogens (tertiary/aromatic N) is 2. The molecule has 0 atom stereocenters. The Morgan fingerprint density at radius 2 is 2.31 bits per heavy atom. The first-order chi connectivity index (χ1) is 7.52. The Labute approximate surface area is 97.7 Å². The summed E-state index contributed by atoms with van der Waals surface area (Å²) in [7, 11) is 0. The van der Waals surface area contributed by atoms with E-state index >= 15 is 0 Å². The molecule has 1 rings (SSSR count). The molecule has 1 heterocycles. The quantitative estimate of drug-likeness (QED) is 0.868. The van der Waals surface area contributed by atoms with E-state index in [4.69, 9.17) is 10.4 Å². The van der Waals surface area contributed by atoms with Crippen molar-refractivity contribution in [2.24, 2.45) is 0 Å². The van der Waals surface area contributed by atoms with Gasteiger partial charge in [-0.25, -0.2) is 18.6 Å². The van der Waals surface area contributed by atoms with Gasteiger partial charge in [-0.05, 0) is 5.56 Å². The highest BCUT2D eigenvalue weighted by Gasteiger charge is 2.25. The van der Waals surface area contributed by atoms with Gasteiger partial charge in [-0.15, -0.1) is 0 Å². The zero-order valence-corrected chi connectivity index (χ0v) is 9.33. The first kappa shape index (κ1) is 12.5. The third kappa shape index (κ3) is 2.17. The fraction of sp³-hybridized carbons (Fsp3) is 0.222. The number of hydrogen-bond acceptors (Lipinski definition) is 3. The van der Waals surface area contributed by atoms with E-state index in [1.807, 2.05) is 0 Å². The van der Waals surface area contributed by atoms with E-state index in [0.29, 0.717) is 0 Å². The van der Waals surface area contributed by atoms with E-state index in [-0.39, 0.29) is 16.5 Å². The van der Waals surface area contributed by atoms with E-state index in [2.05, 4.69) is 20.9 Å². The molecule has 4 nitrogen and oxygen atoms in total. The second-order valence-corrected chi connectivity index (χ2v) is 3.32. The fourth-order valence-corrected chi connectivity index (χ4v) is 1.81. The molecule has 7 heteroatoms. The molecular formula is C9H5BrF2N2O2. The summed E-state index contributed by atoms with van der Waals surface area (Å²) >= 11 is 2.95. The maximum atomic E-state index is 12.7. The van der Waals surface area contributed by atoms with E-state index in [1.54, 1.807) is 6.07 Å². The van der Waals surface area contributed by atoms with Gasteiger partial charge in [0, 0.05) is 11.5 Å². The van der Waals surface area contributed by atoms with Crippen LogP contribution in [0.3, 0.4) is 0 Å². The number of carbonyl (C=O) groups is 1. The lowest BCUT2D eigenvalue weighted by Crippen LogP contribution is -2.10. The second-order valence-electron chi connectivity index (χ2n) is 2.76. The number of rotatable bonds is 3. The molecule has 1 N–H and O–H groups in total. The van der Waals surface area contributed by atoms with Crippen LogP contribution in [-0.2, 0) is 5.33 Å². The summed E-state index contributed by atoms with van der Waals surface area (Å²) in [4.78, 5) is 14.1. The van der Waals surface area contributed by atoms with Crippen molar-refractivity contribution in [3.05, 3.63) is 28.6 Å². The van der Waals surface area contributed by atoms with Gasteiger partial charge < -0.3 is 5.11 Å². The molecule has 0 amide bonds. The van der Waals surface area contributed by atoms with Crippen molar-refractivity contribution in [1.29, 1.82) is 5.26 Å². The zero-order chi connectivity index (χ0) is 12.3. The van der Waals surface area contributed by atoms with Gasteiger partial charge in [-0.3, -0.25) is 0 Å². The Kier molecular flexibility index (Phi) is 3.90. The third-order valence-electron chi connectivity index (χ3n) is 1.90. The summed E-state index contributed by atoms with van der Waals surface area (Å²) < 4.78 is 25.4. The van der Waals surface area contributed by atoms with Crippen LogP contribution in [-0.4, -0.2) is 16.1 Å². The fourth-order valence-electron chi connectivity index (χ4n) is 1.21. The summed E-state index contributed by atoms with van der Waals surface area (Å²) in [5.41, 5.74) is -1.52. The number of pyridine rings is 1. The van der Waals surface area contributed by atoms with Crippen LogP contribution in [0.1, 0.15) is 33.6 Å². The van der Waals surface area contributed by atoms with Gasteiger partial charge in [0.1, 0.15) is 6.07 Å². The summed E-state index contributed by atoms with van der Waals surface area (Å²) in [5, 5.41) is 17.4. The molecule has 1 aromatic rings. The van der Waals surface area contributed by atoms with Crippen molar-refractivity contribution in [2.75, 3.05) is 0 Å². The molecule has 0 radical (unpaired) electrons. The number of halogens is 3. The minimum absolute atomic E-state index is 0.0294. The van der Waals surface area contributed by atoms with Crippen LogP contribution in [0, 0.1) is 11.3 Å². The van der Waals surface area contributed by atoms with Gasteiger partial charge in [0.25, 0.3) is 6.43 Å². The van der Waals surface area contributed by atoms with Gasteiger partial charge >= 0.3 is 5.97 Å². The Morgan fingerprint density at radius 3 is 2.69 bits per heavy atom. The number of carboxylic acid groups (broad SMARTS) is 1. The monoisotopic (exact) mass is 290 g/mol. The Hall–Kier alpha value is -1.55. The molecule has 0 saturated carbocycles. The van der Waals surface area contributed by atoms with Crippen LogP contribution in [0.15, 0.2) is 6.20 Å². The topological polar surface area (TPSA) is 74.0 Å². The molecule has 0 bridgehead atoms. The number of nitriles is 1.